The lowest BCUT2D eigenvalue weighted by atomic mass is 9.95. The molecule has 0 bridgehead atoms. The number of para-hydroxylation sites is 1. The quantitative estimate of drug-likeness (QED) is 0.615. The Balaban J connectivity index is 2.97. The van der Waals surface area contributed by atoms with Crippen LogP contribution in [0.15, 0.2) is 24.3 Å². The maximum Gasteiger partial charge on any atom is 0.158 e. The number of aliphatic hydroxyl groups excluding tert-OH is 1. The molecule has 72 valence electrons. The van der Waals surface area contributed by atoms with Gasteiger partial charge in [-0.1, -0.05) is 25.1 Å². The van der Waals surface area contributed by atoms with Crippen LogP contribution in [0.5, 0.6) is 5.75 Å². The van der Waals surface area contributed by atoms with Crippen molar-refractivity contribution in [1.82, 2.24) is 0 Å². The Kier molecular flexibility index (Phi) is 3.28. The van der Waals surface area contributed by atoms with E-state index in [9.17, 15) is 5.11 Å². The number of rotatable bonds is 3. The molecule has 1 aromatic carbocycles. The molecule has 0 amide bonds. The fourth-order valence-corrected chi connectivity index (χ4v) is 1.39. The molecule has 0 fully saturated rings. The van der Waals surface area contributed by atoms with E-state index >= 15 is 0 Å². The molecule has 0 saturated carbocycles. The second kappa shape index (κ2) is 4.25. The van der Waals surface area contributed by atoms with E-state index in [1.807, 2.05) is 6.92 Å². The monoisotopic (exact) mass is 182 g/mol. The number of hydrogen-bond donors (Lipinski definition) is 3. The zero-order valence-corrected chi connectivity index (χ0v) is 7.51. The van der Waals surface area contributed by atoms with Gasteiger partial charge in [-0.15, -0.1) is 0 Å². The van der Waals surface area contributed by atoms with Crippen LogP contribution in [0.2, 0.25) is 0 Å². The van der Waals surface area contributed by atoms with Crippen LogP contribution in [0, 0.1) is 0 Å². The summed E-state index contributed by atoms with van der Waals surface area (Å²) in [5.41, 5.74) is 0.583. The van der Waals surface area contributed by atoms with Crippen LogP contribution in [0.25, 0.3) is 0 Å². The third-order valence-corrected chi connectivity index (χ3v) is 2.14. The van der Waals surface area contributed by atoms with E-state index in [1.165, 1.54) is 0 Å². The van der Waals surface area contributed by atoms with E-state index in [0.717, 1.165) is 0 Å². The molecule has 1 unspecified atom stereocenters. The number of hydrogen-bond acceptors (Lipinski definition) is 3. The Morgan fingerprint density at radius 3 is 2.31 bits per heavy atom. The summed E-state index contributed by atoms with van der Waals surface area (Å²) in [6.45, 7) is 1.84. The highest BCUT2D eigenvalue weighted by Crippen LogP contribution is 2.29. The predicted octanol–water partition coefficient (Wildman–Crippen LogP) is 1.20. The average molecular weight is 182 g/mol. The molecule has 0 aromatic heterocycles. The van der Waals surface area contributed by atoms with Crippen LogP contribution in [0.3, 0.4) is 0 Å². The fourth-order valence-electron chi connectivity index (χ4n) is 1.39. The second-order valence-electron chi connectivity index (χ2n) is 2.99. The molecule has 1 aromatic rings. The molecular formula is C10H14O3. The Bertz CT molecular complexity index is 271. The molecule has 3 nitrogen and oxygen atoms in total. The summed E-state index contributed by atoms with van der Waals surface area (Å²) >= 11 is 0. The van der Waals surface area contributed by atoms with Gasteiger partial charge >= 0.3 is 0 Å². The Labute approximate surface area is 77.3 Å². The van der Waals surface area contributed by atoms with E-state index in [-0.39, 0.29) is 5.75 Å². The molecule has 3 N–H and O–H groups in total. The maximum atomic E-state index is 9.44. The standard InChI is InChI=1S/C10H14O3/c1-2-7(10(12)13)8-5-3-4-6-9(8)11/h3-7,10-13H,2H2,1H3. The summed E-state index contributed by atoms with van der Waals surface area (Å²) in [7, 11) is 0. The molecule has 0 aliphatic carbocycles. The molecule has 13 heavy (non-hydrogen) atoms. The van der Waals surface area contributed by atoms with Gasteiger partial charge in [0.2, 0.25) is 0 Å². The molecule has 1 rings (SSSR count). The van der Waals surface area contributed by atoms with Gasteiger partial charge in [-0.3, -0.25) is 0 Å². The fraction of sp³-hybridized carbons (Fsp3) is 0.400. The van der Waals surface area contributed by atoms with Crippen molar-refractivity contribution in [2.24, 2.45) is 0 Å². The molecule has 0 heterocycles. The molecule has 0 aliphatic rings. The topological polar surface area (TPSA) is 60.7 Å². The van der Waals surface area contributed by atoms with Crippen LogP contribution >= 0.6 is 0 Å². The van der Waals surface area contributed by atoms with Crippen LogP contribution in [0.1, 0.15) is 24.8 Å². The zero-order valence-electron chi connectivity index (χ0n) is 7.51. The van der Waals surface area contributed by atoms with Crippen molar-refractivity contribution in [1.29, 1.82) is 0 Å². The van der Waals surface area contributed by atoms with Gasteiger partial charge in [0.1, 0.15) is 5.75 Å². The molecule has 0 aliphatic heterocycles. The first-order valence-electron chi connectivity index (χ1n) is 4.30. The molecular weight excluding hydrogens is 168 g/mol. The minimum atomic E-state index is -1.42. The molecule has 0 spiro atoms. The van der Waals surface area contributed by atoms with Gasteiger partial charge in [-0.2, -0.15) is 0 Å². The van der Waals surface area contributed by atoms with Gasteiger partial charge in [0.05, 0.1) is 0 Å². The molecule has 3 heteroatoms. The molecule has 0 saturated heterocycles. The van der Waals surface area contributed by atoms with Crippen molar-refractivity contribution in [3.8, 4) is 5.75 Å². The second-order valence-corrected chi connectivity index (χ2v) is 2.99. The first-order chi connectivity index (χ1) is 6.16. The highest BCUT2D eigenvalue weighted by Gasteiger charge is 2.19. The summed E-state index contributed by atoms with van der Waals surface area (Å²) in [5.74, 6) is -0.302. The number of phenolic OH excluding ortho intramolecular Hbond substituents is 1. The zero-order chi connectivity index (χ0) is 9.84. The third-order valence-electron chi connectivity index (χ3n) is 2.14. The smallest absolute Gasteiger partial charge is 0.158 e. The predicted molar refractivity (Wildman–Crippen MR) is 49.4 cm³/mol. The largest absolute Gasteiger partial charge is 0.508 e. The van der Waals surface area contributed by atoms with Gasteiger partial charge in [0.25, 0.3) is 0 Å². The van der Waals surface area contributed by atoms with E-state index in [4.69, 9.17) is 10.2 Å². The first kappa shape index (κ1) is 10.0. The Hall–Kier alpha value is -1.06. The number of benzene rings is 1. The van der Waals surface area contributed by atoms with Crippen molar-refractivity contribution in [3.05, 3.63) is 29.8 Å². The highest BCUT2D eigenvalue weighted by atomic mass is 16.5. The SMILES string of the molecule is CCC(c1ccccc1O)C(O)O. The van der Waals surface area contributed by atoms with Gasteiger partial charge in [-0.25, -0.2) is 0 Å². The maximum absolute atomic E-state index is 9.44. The van der Waals surface area contributed by atoms with E-state index < -0.39 is 12.2 Å². The van der Waals surface area contributed by atoms with Crippen LogP contribution in [-0.2, 0) is 0 Å². The van der Waals surface area contributed by atoms with Crippen LogP contribution in [-0.4, -0.2) is 21.6 Å². The normalized spacial score (nSPS) is 13.2. The van der Waals surface area contributed by atoms with Gasteiger partial charge in [0.15, 0.2) is 6.29 Å². The minimum Gasteiger partial charge on any atom is -0.508 e. The summed E-state index contributed by atoms with van der Waals surface area (Å²) in [6.07, 6.45) is -0.840. The number of phenols is 1. The first-order valence-corrected chi connectivity index (χ1v) is 4.30. The van der Waals surface area contributed by atoms with E-state index in [1.54, 1.807) is 24.3 Å². The Morgan fingerprint density at radius 2 is 1.85 bits per heavy atom. The van der Waals surface area contributed by atoms with Gasteiger partial charge < -0.3 is 15.3 Å². The van der Waals surface area contributed by atoms with Crippen molar-refractivity contribution in [3.63, 3.8) is 0 Å². The summed E-state index contributed by atoms with van der Waals surface area (Å²) in [5, 5.41) is 27.5. The van der Waals surface area contributed by atoms with Crippen molar-refractivity contribution in [2.45, 2.75) is 25.6 Å². The summed E-state index contributed by atoms with van der Waals surface area (Å²) in [4.78, 5) is 0. The lowest BCUT2D eigenvalue weighted by Crippen LogP contribution is -2.16. The van der Waals surface area contributed by atoms with E-state index in [2.05, 4.69) is 0 Å². The lowest BCUT2D eigenvalue weighted by Gasteiger charge is -2.18. The van der Waals surface area contributed by atoms with Gasteiger partial charge in [0, 0.05) is 11.5 Å². The van der Waals surface area contributed by atoms with E-state index in [0.29, 0.717) is 12.0 Å². The summed E-state index contributed by atoms with van der Waals surface area (Å²) < 4.78 is 0. The average Bonchev–Trinajstić information content (AvgIpc) is 2.09. The Morgan fingerprint density at radius 1 is 1.23 bits per heavy atom. The van der Waals surface area contributed by atoms with Crippen molar-refractivity contribution >= 4 is 0 Å². The number of aliphatic hydroxyl groups is 2. The molecule has 1 atom stereocenters. The third kappa shape index (κ3) is 2.20. The van der Waals surface area contributed by atoms with Crippen molar-refractivity contribution in [2.75, 3.05) is 0 Å². The molecule has 0 radical (unpaired) electrons. The van der Waals surface area contributed by atoms with Gasteiger partial charge in [-0.05, 0) is 12.5 Å². The minimum absolute atomic E-state index is 0.113. The lowest BCUT2D eigenvalue weighted by molar-refractivity contribution is -0.0614. The van der Waals surface area contributed by atoms with Crippen molar-refractivity contribution < 1.29 is 15.3 Å². The van der Waals surface area contributed by atoms with Crippen LogP contribution in [0.4, 0.5) is 0 Å². The number of aromatic hydroxyl groups is 1. The summed E-state index contributed by atoms with van der Waals surface area (Å²) in [6, 6.07) is 6.71. The van der Waals surface area contributed by atoms with Crippen LogP contribution < -0.4 is 0 Å². The highest BCUT2D eigenvalue weighted by molar-refractivity contribution is 5.35.